The molecular formula is C15H22N2O2. The van der Waals surface area contributed by atoms with E-state index in [9.17, 15) is 4.79 Å². The van der Waals surface area contributed by atoms with Crippen LogP contribution in [-0.2, 0) is 6.42 Å². The second kappa shape index (κ2) is 6.66. The average molecular weight is 262 g/mol. The van der Waals surface area contributed by atoms with E-state index in [0.717, 1.165) is 18.5 Å². The minimum absolute atomic E-state index is 0.0586. The first-order valence-corrected chi connectivity index (χ1v) is 7.05. The number of aromatic nitrogens is 1. The molecule has 1 fully saturated rings. The van der Waals surface area contributed by atoms with Crippen molar-refractivity contribution in [1.29, 1.82) is 0 Å². The van der Waals surface area contributed by atoms with Crippen molar-refractivity contribution < 1.29 is 9.90 Å². The first kappa shape index (κ1) is 14.0. The number of amides is 1. The highest BCUT2D eigenvalue weighted by molar-refractivity contribution is 5.94. The fourth-order valence-electron chi connectivity index (χ4n) is 2.70. The van der Waals surface area contributed by atoms with Crippen LogP contribution in [0.2, 0.25) is 0 Å². The number of aliphatic hydroxyl groups excluding tert-OH is 1. The highest BCUT2D eigenvalue weighted by atomic mass is 16.3. The normalized spacial score (nSPS) is 16.3. The predicted molar refractivity (Wildman–Crippen MR) is 74.0 cm³/mol. The minimum atomic E-state index is 0.0586. The van der Waals surface area contributed by atoms with Crippen molar-refractivity contribution in [3.05, 3.63) is 29.6 Å². The largest absolute Gasteiger partial charge is 0.396 e. The molecule has 0 saturated heterocycles. The molecule has 0 radical (unpaired) electrons. The lowest BCUT2D eigenvalue weighted by molar-refractivity contribution is 0.0696. The Morgan fingerprint density at radius 2 is 2.16 bits per heavy atom. The Labute approximate surface area is 114 Å². The Hall–Kier alpha value is -1.42. The Morgan fingerprint density at radius 1 is 1.42 bits per heavy atom. The third-order valence-electron chi connectivity index (χ3n) is 3.87. The van der Waals surface area contributed by atoms with Gasteiger partial charge < -0.3 is 10.0 Å². The number of hydrogen-bond donors (Lipinski definition) is 1. The van der Waals surface area contributed by atoms with Crippen LogP contribution in [0.3, 0.4) is 0 Å². The van der Waals surface area contributed by atoms with Gasteiger partial charge in [-0.15, -0.1) is 0 Å². The van der Waals surface area contributed by atoms with E-state index in [1.54, 1.807) is 18.3 Å². The number of carbonyl (C=O) groups excluding carboxylic acids is 1. The van der Waals surface area contributed by atoms with Crippen molar-refractivity contribution in [3.63, 3.8) is 0 Å². The smallest absolute Gasteiger partial charge is 0.253 e. The summed E-state index contributed by atoms with van der Waals surface area (Å²) in [4.78, 5) is 18.5. The summed E-state index contributed by atoms with van der Waals surface area (Å²) in [7, 11) is 1.89. The Morgan fingerprint density at radius 3 is 2.84 bits per heavy atom. The van der Waals surface area contributed by atoms with Crippen LogP contribution < -0.4 is 0 Å². The fraction of sp³-hybridized carbons (Fsp3) is 0.600. The van der Waals surface area contributed by atoms with E-state index >= 15 is 0 Å². The zero-order valence-corrected chi connectivity index (χ0v) is 11.5. The second-order valence-electron chi connectivity index (χ2n) is 5.22. The summed E-state index contributed by atoms with van der Waals surface area (Å²) in [5.41, 5.74) is 1.44. The van der Waals surface area contributed by atoms with E-state index in [2.05, 4.69) is 4.98 Å². The molecular weight excluding hydrogens is 240 g/mol. The number of rotatable bonds is 4. The van der Waals surface area contributed by atoms with E-state index < -0.39 is 0 Å². The predicted octanol–water partition coefficient (Wildman–Crippen LogP) is 2.02. The lowest BCUT2D eigenvalue weighted by Crippen LogP contribution is -2.38. The topological polar surface area (TPSA) is 53.4 Å². The quantitative estimate of drug-likeness (QED) is 0.903. The van der Waals surface area contributed by atoms with Gasteiger partial charge in [0.2, 0.25) is 0 Å². The van der Waals surface area contributed by atoms with E-state index in [0.29, 0.717) is 18.0 Å². The summed E-state index contributed by atoms with van der Waals surface area (Å²) < 4.78 is 0. The van der Waals surface area contributed by atoms with Crippen molar-refractivity contribution in [1.82, 2.24) is 9.88 Å². The molecule has 1 saturated carbocycles. The number of hydrogen-bond acceptors (Lipinski definition) is 3. The Kier molecular flexibility index (Phi) is 4.91. The lowest BCUT2D eigenvalue weighted by atomic mass is 9.94. The molecule has 0 spiro atoms. The maximum Gasteiger partial charge on any atom is 0.253 e. The van der Waals surface area contributed by atoms with Gasteiger partial charge in [-0.2, -0.15) is 0 Å². The van der Waals surface area contributed by atoms with Crippen LogP contribution in [0, 0.1) is 0 Å². The molecule has 0 aromatic carbocycles. The van der Waals surface area contributed by atoms with Gasteiger partial charge in [0, 0.05) is 43.6 Å². The Bertz CT molecular complexity index is 428. The standard InChI is InChI=1S/C15H22N2O2/c1-17(14-5-3-2-4-6-14)15(19)12-7-9-16-13(11-12)8-10-18/h7,9,11,14,18H,2-6,8,10H2,1H3. The third kappa shape index (κ3) is 3.53. The molecule has 0 unspecified atom stereocenters. The molecule has 1 N–H and O–H groups in total. The molecule has 1 aromatic rings. The number of carbonyl (C=O) groups is 1. The summed E-state index contributed by atoms with van der Waals surface area (Å²) in [5, 5.41) is 8.93. The first-order valence-electron chi connectivity index (χ1n) is 7.05. The summed E-state index contributed by atoms with van der Waals surface area (Å²) in [5.74, 6) is 0.0634. The molecule has 19 heavy (non-hydrogen) atoms. The zero-order valence-electron chi connectivity index (χ0n) is 11.5. The first-order chi connectivity index (χ1) is 9.22. The third-order valence-corrected chi connectivity index (χ3v) is 3.87. The fourth-order valence-corrected chi connectivity index (χ4v) is 2.70. The lowest BCUT2D eigenvalue weighted by Gasteiger charge is -2.31. The van der Waals surface area contributed by atoms with Gasteiger partial charge in [-0.1, -0.05) is 19.3 Å². The van der Waals surface area contributed by atoms with Crippen molar-refractivity contribution >= 4 is 5.91 Å². The van der Waals surface area contributed by atoms with Gasteiger partial charge in [0.25, 0.3) is 5.91 Å². The molecule has 1 heterocycles. The summed E-state index contributed by atoms with van der Waals surface area (Å²) in [6.07, 6.45) is 8.08. The molecule has 0 aliphatic heterocycles. The second-order valence-corrected chi connectivity index (χ2v) is 5.22. The molecule has 4 nitrogen and oxygen atoms in total. The van der Waals surface area contributed by atoms with Crippen molar-refractivity contribution in [3.8, 4) is 0 Å². The number of pyridine rings is 1. The number of aliphatic hydroxyl groups is 1. The molecule has 0 atom stereocenters. The zero-order chi connectivity index (χ0) is 13.7. The van der Waals surface area contributed by atoms with Gasteiger partial charge in [0.15, 0.2) is 0 Å². The molecule has 4 heteroatoms. The molecule has 1 aromatic heterocycles. The molecule has 0 bridgehead atoms. The van der Waals surface area contributed by atoms with Crippen molar-refractivity contribution in [2.24, 2.45) is 0 Å². The summed E-state index contributed by atoms with van der Waals surface area (Å²) in [6, 6.07) is 3.91. The van der Waals surface area contributed by atoms with Crippen LogP contribution in [0.15, 0.2) is 18.3 Å². The van der Waals surface area contributed by atoms with Gasteiger partial charge in [0.1, 0.15) is 0 Å². The molecule has 2 rings (SSSR count). The Balaban J connectivity index is 2.07. The maximum absolute atomic E-state index is 12.4. The average Bonchev–Trinajstić information content (AvgIpc) is 2.47. The van der Waals surface area contributed by atoms with E-state index in [4.69, 9.17) is 5.11 Å². The number of nitrogens with zero attached hydrogens (tertiary/aromatic N) is 2. The molecule has 1 aliphatic carbocycles. The van der Waals surface area contributed by atoms with E-state index in [1.165, 1.54) is 19.3 Å². The summed E-state index contributed by atoms with van der Waals surface area (Å²) in [6.45, 7) is 0.0586. The van der Waals surface area contributed by atoms with Crippen LogP contribution in [-0.4, -0.2) is 40.6 Å². The minimum Gasteiger partial charge on any atom is -0.396 e. The SMILES string of the molecule is CN(C(=O)c1ccnc(CCO)c1)C1CCCCC1. The molecule has 1 amide bonds. The van der Waals surface area contributed by atoms with Gasteiger partial charge in [-0.25, -0.2) is 0 Å². The van der Waals surface area contributed by atoms with Gasteiger partial charge >= 0.3 is 0 Å². The van der Waals surface area contributed by atoms with Crippen molar-refractivity contribution in [2.75, 3.05) is 13.7 Å². The van der Waals surface area contributed by atoms with E-state index in [1.807, 2.05) is 11.9 Å². The van der Waals surface area contributed by atoms with Crippen LogP contribution in [0.25, 0.3) is 0 Å². The van der Waals surface area contributed by atoms with Crippen LogP contribution in [0.5, 0.6) is 0 Å². The van der Waals surface area contributed by atoms with Gasteiger partial charge in [-0.3, -0.25) is 9.78 Å². The summed E-state index contributed by atoms with van der Waals surface area (Å²) >= 11 is 0. The molecule has 104 valence electrons. The van der Waals surface area contributed by atoms with Gasteiger partial charge in [0.05, 0.1) is 0 Å². The highest BCUT2D eigenvalue weighted by Crippen LogP contribution is 2.22. The highest BCUT2D eigenvalue weighted by Gasteiger charge is 2.23. The monoisotopic (exact) mass is 262 g/mol. The van der Waals surface area contributed by atoms with Crippen LogP contribution in [0.1, 0.15) is 48.2 Å². The van der Waals surface area contributed by atoms with Crippen LogP contribution in [0.4, 0.5) is 0 Å². The van der Waals surface area contributed by atoms with E-state index in [-0.39, 0.29) is 12.5 Å². The van der Waals surface area contributed by atoms with Gasteiger partial charge in [-0.05, 0) is 25.0 Å². The van der Waals surface area contributed by atoms with Crippen molar-refractivity contribution in [2.45, 2.75) is 44.6 Å². The van der Waals surface area contributed by atoms with Crippen LogP contribution >= 0.6 is 0 Å². The maximum atomic E-state index is 12.4. The molecule has 1 aliphatic rings.